The van der Waals surface area contributed by atoms with Gasteiger partial charge in [-0.05, 0) is 57.6 Å². The van der Waals surface area contributed by atoms with Crippen LogP contribution in [0.25, 0.3) is 78.4 Å². The third-order valence-corrected chi connectivity index (χ3v) is 12.7. The van der Waals surface area contributed by atoms with Crippen LogP contribution in [-0.2, 0) is 5.41 Å². The number of aromatic nitrogens is 3. The number of para-hydroxylation sites is 3. The molecule has 0 N–H and O–H groups in total. The predicted molar refractivity (Wildman–Crippen MR) is 253 cm³/mol. The van der Waals surface area contributed by atoms with Gasteiger partial charge in [0, 0.05) is 33.0 Å². The Morgan fingerprint density at radius 1 is 0.344 bits per heavy atom. The third-order valence-electron chi connectivity index (χ3n) is 12.7. The highest BCUT2D eigenvalue weighted by Crippen LogP contribution is 2.62. The largest absolute Gasteiger partial charge is 0.455 e. The average molecular weight is 822 g/mol. The highest BCUT2D eigenvalue weighted by Gasteiger charge is 2.48. The Hall–Kier alpha value is -8.61. The van der Waals surface area contributed by atoms with Crippen LogP contribution in [0.3, 0.4) is 0 Å². The standard InChI is InChI=1S/C58H35N3O3/c1-4-16-37(17-5-1)55-59-56(38-32-30-36(31-33-38)41-24-14-25-43-42-22-11-13-28-48(42)62-52(41)43)61-57(60-55)45-26-15-29-49-53(45)63-50-35-34-47-51(54(50)64-49)44-23-10-12-27-46(44)58(47,39-18-6-2-7-19-39)40-20-8-3-9-21-40/h1-35H. The third kappa shape index (κ3) is 5.42. The van der Waals surface area contributed by atoms with E-state index < -0.39 is 5.41 Å². The molecule has 6 heteroatoms. The van der Waals surface area contributed by atoms with E-state index >= 15 is 0 Å². The smallest absolute Gasteiger partial charge is 0.181 e. The molecule has 1 aliphatic heterocycles. The van der Waals surface area contributed by atoms with Gasteiger partial charge < -0.3 is 13.9 Å². The second-order valence-corrected chi connectivity index (χ2v) is 16.2. The summed E-state index contributed by atoms with van der Waals surface area (Å²) in [6.45, 7) is 0. The molecule has 0 saturated heterocycles. The van der Waals surface area contributed by atoms with Crippen molar-refractivity contribution in [3.05, 3.63) is 235 Å². The van der Waals surface area contributed by atoms with Crippen molar-refractivity contribution in [3.8, 4) is 79.4 Å². The zero-order valence-corrected chi connectivity index (χ0v) is 34.3. The Balaban J connectivity index is 0.926. The molecule has 0 spiro atoms. The first-order valence-electron chi connectivity index (χ1n) is 21.4. The van der Waals surface area contributed by atoms with Gasteiger partial charge in [0.05, 0.1) is 11.0 Å². The lowest BCUT2D eigenvalue weighted by atomic mass is 9.68. The van der Waals surface area contributed by atoms with Gasteiger partial charge in [0.25, 0.3) is 0 Å². The number of fused-ring (bicyclic) bond motifs is 9. The van der Waals surface area contributed by atoms with E-state index in [4.69, 9.17) is 28.8 Å². The molecule has 0 amide bonds. The Kier molecular flexibility index (Phi) is 8.02. The fraction of sp³-hybridized carbons (Fsp3) is 0.0172. The molecule has 9 aromatic carbocycles. The van der Waals surface area contributed by atoms with Crippen molar-refractivity contribution >= 4 is 21.9 Å². The first-order valence-corrected chi connectivity index (χ1v) is 21.4. The lowest BCUT2D eigenvalue weighted by Crippen LogP contribution is -2.28. The molecule has 300 valence electrons. The predicted octanol–water partition coefficient (Wildman–Crippen LogP) is 14.7. The lowest BCUT2D eigenvalue weighted by Gasteiger charge is -2.34. The summed E-state index contributed by atoms with van der Waals surface area (Å²) in [5, 5.41) is 2.19. The molecular weight excluding hydrogens is 787 g/mol. The summed E-state index contributed by atoms with van der Waals surface area (Å²) in [4.78, 5) is 15.3. The molecular formula is C58H35N3O3. The normalized spacial score (nSPS) is 13.1. The first-order chi connectivity index (χ1) is 31.7. The Bertz CT molecular complexity index is 3570. The summed E-state index contributed by atoms with van der Waals surface area (Å²) in [6.07, 6.45) is 0. The molecule has 11 aromatic rings. The SMILES string of the molecule is c1ccc(-c2nc(-c3ccc(-c4cccc5c4oc4ccccc45)cc3)nc(-c3cccc4c3Oc3ccc5c(c3O4)-c3ccccc3C5(c3ccccc3)c3ccccc3)n2)cc1. The molecule has 1 aliphatic carbocycles. The van der Waals surface area contributed by atoms with Gasteiger partial charge in [-0.25, -0.2) is 15.0 Å². The van der Waals surface area contributed by atoms with E-state index in [2.05, 4.69) is 140 Å². The average Bonchev–Trinajstić information content (AvgIpc) is 3.91. The second-order valence-electron chi connectivity index (χ2n) is 16.2. The fourth-order valence-electron chi connectivity index (χ4n) is 9.88. The summed E-state index contributed by atoms with van der Waals surface area (Å²) in [6, 6.07) is 73.1. The van der Waals surface area contributed by atoms with Crippen LogP contribution in [0, 0.1) is 0 Å². The maximum atomic E-state index is 7.04. The fourth-order valence-corrected chi connectivity index (χ4v) is 9.88. The molecule has 6 nitrogen and oxygen atoms in total. The van der Waals surface area contributed by atoms with Gasteiger partial charge in [-0.2, -0.15) is 0 Å². The van der Waals surface area contributed by atoms with Gasteiger partial charge in [-0.1, -0.05) is 188 Å². The lowest BCUT2D eigenvalue weighted by molar-refractivity contribution is 0.361. The molecule has 2 aliphatic rings. The molecule has 0 radical (unpaired) electrons. The highest BCUT2D eigenvalue weighted by molar-refractivity contribution is 6.09. The van der Waals surface area contributed by atoms with Crippen LogP contribution < -0.4 is 9.47 Å². The summed E-state index contributed by atoms with van der Waals surface area (Å²) < 4.78 is 20.4. The molecule has 64 heavy (non-hydrogen) atoms. The summed E-state index contributed by atoms with van der Waals surface area (Å²) >= 11 is 0. The quantitative estimate of drug-likeness (QED) is 0.166. The zero-order chi connectivity index (χ0) is 42.2. The number of furan rings is 1. The maximum Gasteiger partial charge on any atom is 0.181 e. The van der Waals surface area contributed by atoms with Crippen LogP contribution in [0.15, 0.2) is 217 Å². The van der Waals surface area contributed by atoms with Gasteiger partial charge in [0.15, 0.2) is 40.5 Å². The van der Waals surface area contributed by atoms with Crippen molar-refractivity contribution in [3.63, 3.8) is 0 Å². The Morgan fingerprint density at radius 3 is 1.66 bits per heavy atom. The molecule has 0 bridgehead atoms. The van der Waals surface area contributed by atoms with Crippen LogP contribution >= 0.6 is 0 Å². The van der Waals surface area contributed by atoms with Gasteiger partial charge in [-0.15, -0.1) is 0 Å². The molecule has 13 rings (SSSR count). The number of rotatable bonds is 6. The summed E-state index contributed by atoms with van der Waals surface area (Å²) in [7, 11) is 0. The van der Waals surface area contributed by atoms with E-state index in [9.17, 15) is 0 Å². The Labute approximate surface area is 368 Å². The highest BCUT2D eigenvalue weighted by atomic mass is 16.6. The second kappa shape index (κ2) is 14.2. The minimum absolute atomic E-state index is 0.475. The molecule has 0 unspecified atom stereocenters. The molecule has 0 saturated carbocycles. The molecule has 2 aromatic heterocycles. The van der Waals surface area contributed by atoms with Gasteiger partial charge in [0.2, 0.25) is 0 Å². The topological polar surface area (TPSA) is 70.3 Å². The van der Waals surface area contributed by atoms with Crippen molar-refractivity contribution in [2.75, 3.05) is 0 Å². The maximum absolute atomic E-state index is 7.04. The van der Waals surface area contributed by atoms with E-state index in [0.29, 0.717) is 46.0 Å². The van der Waals surface area contributed by atoms with Crippen LogP contribution in [0.4, 0.5) is 0 Å². The van der Waals surface area contributed by atoms with Gasteiger partial charge >= 0.3 is 0 Å². The van der Waals surface area contributed by atoms with Crippen molar-refractivity contribution in [1.82, 2.24) is 15.0 Å². The van der Waals surface area contributed by atoms with Gasteiger partial charge in [-0.3, -0.25) is 0 Å². The van der Waals surface area contributed by atoms with E-state index in [1.54, 1.807) is 0 Å². The van der Waals surface area contributed by atoms with E-state index in [1.807, 2.05) is 72.8 Å². The van der Waals surface area contributed by atoms with Crippen molar-refractivity contribution in [1.29, 1.82) is 0 Å². The summed E-state index contributed by atoms with van der Waals surface area (Å²) in [5.41, 5.74) is 12.5. The van der Waals surface area contributed by atoms with Crippen LogP contribution in [0.5, 0.6) is 23.0 Å². The van der Waals surface area contributed by atoms with E-state index in [0.717, 1.165) is 60.9 Å². The zero-order valence-electron chi connectivity index (χ0n) is 34.3. The van der Waals surface area contributed by atoms with Crippen molar-refractivity contribution < 1.29 is 13.9 Å². The number of ether oxygens (including phenoxy) is 2. The minimum atomic E-state index is -0.566. The molecule has 0 fully saturated rings. The first kappa shape index (κ1) is 36.1. The van der Waals surface area contributed by atoms with Crippen LogP contribution in [0.1, 0.15) is 22.3 Å². The van der Waals surface area contributed by atoms with Crippen LogP contribution in [0.2, 0.25) is 0 Å². The number of hydrogen-bond acceptors (Lipinski definition) is 6. The number of nitrogens with zero attached hydrogens (tertiary/aromatic N) is 3. The molecule has 0 atom stereocenters. The Morgan fingerprint density at radius 2 is 0.891 bits per heavy atom. The van der Waals surface area contributed by atoms with Crippen LogP contribution in [-0.4, -0.2) is 15.0 Å². The van der Waals surface area contributed by atoms with E-state index in [1.165, 1.54) is 16.7 Å². The monoisotopic (exact) mass is 821 g/mol. The molecule has 3 heterocycles. The van der Waals surface area contributed by atoms with E-state index in [-0.39, 0.29) is 0 Å². The minimum Gasteiger partial charge on any atom is -0.455 e. The van der Waals surface area contributed by atoms with Gasteiger partial charge in [0.1, 0.15) is 11.2 Å². The van der Waals surface area contributed by atoms with Crippen molar-refractivity contribution in [2.45, 2.75) is 5.41 Å². The number of benzene rings is 9. The summed E-state index contributed by atoms with van der Waals surface area (Å²) in [5.74, 6) is 4.01. The van der Waals surface area contributed by atoms with Crippen molar-refractivity contribution in [2.24, 2.45) is 0 Å². The number of hydrogen-bond donors (Lipinski definition) is 0.